The fourth-order valence-corrected chi connectivity index (χ4v) is 4.21. The minimum Gasteiger partial charge on any atom is -0.497 e. The molecule has 1 fully saturated rings. The molecule has 1 aliphatic heterocycles. The van der Waals surface area contributed by atoms with Gasteiger partial charge in [0.15, 0.2) is 0 Å². The first-order valence-electron chi connectivity index (χ1n) is 9.23. The first kappa shape index (κ1) is 19.2. The molecule has 0 unspecified atom stereocenters. The monoisotopic (exact) mass is 491 g/mol. The van der Waals surface area contributed by atoms with Crippen LogP contribution in [0, 0.1) is 10.5 Å². The Balaban J connectivity index is 1.77. The van der Waals surface area contributed by atoms with Crippen LogP contribution in [0.2, 0.25) is 0 Å². The molecule has 0 radical (unpaired) electrons. The molecule has 0 aliphatic carbocycles. The number of halogens is 1. The molecule has 28 heavy (non-hydrogen) atoms. The Kier molecular flexibility index (Phi) is 5.54. The molecule has 1 aromatic heterocycles. The summed E-state index contributed by atoms with van der Waals surface area (Å²) in [6.45, 7) is 5.46. The second-order valence-electron chi connectivity index (χ2n) is 6.82. The number of rotatable bonds is 4. The highest BCUT2D eigenvalue weighted by Gasteiger charge is 2.17. The van der Waals surface area contributed by atoms with Crippen molar-refractivity contribution in [2.45, 2.75) is 13.5 Å². The van der Waals surface area contributed by atoms with Gasteiger partial charge in [-0.3, -0.25) is 9.36 Å². The number of nitrogens with zero attached hydrogens (tertiary/aromatic N) is 3. The molecular formula is C21H22IN3O3. The lowest BCUT2D eigenvalue weighted by atomic mass is 10.1. The molecule has 146 valence electrons. The first-order chi connectivity index (χ1) is 13.6. The summed E-state index contributed by atoms with van der Waals surface area (Å²) in [5.41, 5.74) is 2.85. The number of hydrogen-bond acceptors (Lipinski definition) is 5. The summed E-state index contributed by atoms with van der Waals surface area (Å²) in [4.78, 5) is 20.3. The molecule has 0 amide bonds. The van der Waals surface area contributed by atoms with Gasteiger partial charge in [-0.05, 0) is 59.3 Å². The van der Waals surface area contributed by atoms with Crippen molar-refractivity contribution in [3.63, 3.8) is 0 Å². The largest absolute Gasteiger partial charge is 0.497 e. The van der Waals surface area contributed by atoms with Gasteiger partial charge in [0.2, 0.25) is 0 Å². The van der Waals surface area contributed by atoms with E-state index in [9.17, 15) is 4.79 Å². The van der Waals surface area contributed by atoms with Crippen LogP contribution in [0.5, 0.6) is 5.75 Å². The van der Waals surface area contributed by atoms with E-state index in [4.69, 9.17) is 14.5 Å². The Morgan fingerprint density at radius 2 is 1.89 bits per heavy atom. The fraction of sp³-hybridized carbons (Fsp3) is 0.333. The quantitative estimate of drug-likeness (QED) is 0.525. The minimum atomic E-state index is -0.00802. The lowest BCUT2D eigenvalue weighted by Gasteiger charge is -2.29. The van der Waals surface area contributed by atoms with Crippen LogP contribution >= 0.6 is 22.6 Å². The van der Waals surface area contributed by atoms with E-state index in [1.54, 1.807) is 11.7 Å². The van der Waals surface area contributed by atoms with Gasteiger partial charge in [0.25, 0.3) is 5.56 Å². The Morgan fingerprint density at radius 3 is 2.57 bits per heavy atom. The van der Waals surface area contributed by atoms with E-state index < -0.39 is 0 Å². The standard InChI is InChI=1S/C21H22IN3O3/c1-14-23-20-18(11-16(12-19(20)22)24-7-9-28-10-8-24)21(26)25(14)13-15-3-5-17(27-2)6-4-15/h3-6,11-12H,7-10,13H2,1-2H3. The lowest BCUT2D eigenvalue weighted by molar-refractivity contribution is 0.122. The number of fused-ring (bicyclic) bond motifs is 1. The molecule has 7 heteroatoms. The van der Waals surface area contributed by atoms with E-state index in [1.165, 1.54) is 0 Å². The zero-order chi connectivity index (χ0) is 19.7. The molecular weight excluding hydrogens is 469 g/mol. The zero-order valence-electron chi connectivity index (χ0n) is 15.9. The molecule has 4 rings (SSSR count). The van der Waals surface area contributed by atoms with E-state index in [2.05, 4.69) is 33.6 Å². The maximum Gasteiger partial charge on any atom is 0.261 e. The van der Waals surface area contributed by atoms with E-state index in [1.807, 2.05) is 37.3 Å². The van der Waals surface area contributed by atoms with E-state index >= 15 is 0 Å². The first-order valence-corrected chi connectivity index (χ1v) is 10.3. The van der Waals surface area contributed by atoms with Crippen LogP contribution in [0.25, 0.3) is 10.9 Å². The van der Waals surface area contributed by atoms with Crippen molar-refractivity contribution in [1.29, 1.82) is 0 Å². The van der Waals surface area contributed by atoms with Crippen LogP contribution in [0.3, 0.4) is 0 Å². The number of aryl methyl sites for hydroxylation is 1. The van der Waals surface area contributed by atoms with Gasteiger partial charge in [0.1, 0.15) is 11.6 Å². The molecule has 6 nitrogen and oxygen atoms in total. The molecule has 1 saturated heterocycles. The molecule has 1 aliphatic rings. The highest BCUT2D eigenvalue weighted by atomic mass is 127. The number of benzene rings is 2. The predicted octanol–water partition coefficient (Wildman–Crippen LogP) is 3.20. The Bertz CT molecular complexity index is 1060. The van der Waals surface area contributed by atoms with Crippen molar-refractivity contribution in [3.8, 4) is 5.75 Å². The van der Waals surface area contributed by atoms with Crippen molar-refractivity contribution >= 4 is 39.2 Å². The Labute approximate surface area is 177 Å². The number of aromatic nitrogens is 2. The third kappa shape index (κ3) is 3.73. The zero-order valence-corrected chi connectivity index (χ0v) is 18.1. The molecule has 0 spiro atoms. The Hall–Kier alpha value is -2.13. The van der Waals surface area contributed by atoms with Crippen LogP contribution in [-0.4, -0.2) is 43.0 Å². The maximum absolute atomic E-state index is 13.3. The predicted molar refractivity (Wildman–Crippen MR) is 119 cm³/mol. The molecule has 0 atom stereocenters. The van der Waals surface area contributed by atoms with E-state index in [-0.39, 0.29) is 5.56 Å². The van der Waals surface area contributed by atoms with Gasteiger partial charge in [-0.2, -0.15) is 0 Å². The smallest absolute Gasteiger partial charge is 0.261 e. The molecule has 0 N–H and O–H groups in total. The van der Waals surface area contributed by atoms with Gasteiger partial charge in [0.05, 0.1) is 37.8 Å². The van der Waals surface area contributed by atoms with Gasteiger partial charge in [-0.25, -0.2) is 4.98 Å². The number of morpholine rings is 1. The van der Waals surface area contributed by atoms with Gasteiger partial charge >= 0.3 is 0 Å². The average Bonchev–Trinajstić information content (AvgIpc) is 2.73. The SMILES string of the molecule is COc1ccc(Cn2c(C)nc3c(I)cc(N4CCOCC4)cc3c2=O)cc1. The molecule has 2 aromatic carbocycles. The van der Waals surface area contributed by atoms with Gasteiger partial charge in [-0.15, -0.1) is 0 Å². The number of methoxy groups -OCH3 is 1. The second kappa shape index (κ2) is 8.08. The van der Waals surface area contributed by atoms with Gasteiger partial charge < -0.3 is 14.4 Å². The van der Waals surface area contributed by atoms with Crippen LogP contribution in [-0.2, 0) is 11.3 Å². The van der Waals surface area contributed by atoms with Crippen molar-refractivity contribution in [2.24, 2.45) is 0 Å². The maximum atomic E-state index is 13.3. The summed E-state index contributed by atoms with van der Waals surface area (Å²) < 4.78 is 13.4. The Morgan fingerprint density at radius 1 is 1.18 bits per heavy atom. The topological polar surface area (TPSA) is 56.6 Å². The van der Waals surface area contributed by atoms with Crippen LogP contribution in [0.1, 0.15) is 11.4 Å². The molecule has 0 saturated carbocycles. The summed E-state index contributed by atoms with van der Waals surface area (Å²) in [7, 11) is 1.64. The molecule has 3 aromatic rings. The van der Waals surface area contributed by atoms with Crippen molar-refractivity contribution in [2.75, 3.05) is 38.3 Å². The highest BCUT2D eigenvalue weighted by molar-refractivity contribution is 14.1. The van der Waals surface area contributed by atoms with E-state index in [0.717, 1.165) is 39.2 Å². The average molecular weight is 491 g/mol. The summed E-state index contributed by atoms with van der Waals surface area (Å²) in [5.74, 6) is 1.51. The van der Waals surface area contributed by atoms with Crippen LogP contribution in [0.4, 0.5) is 5.69 Å². The highest BCUT2D eigenvalue weighted by Crippen LogP contribution is 2.26. The van der Waals surface area contributed by atoms with Crippen molar-refractivity contribution in [3.05, 3.63) is 61.7 Å². The van der Waals surface area contributed by atoms with Gasteiger partial charge in [-0.1, -0.05) is 12.1 Å². The molecule has 2 heterocycles. The summed E-state index contributed by atoms with van der Waals surface area (Å²) >= 11 is 2.27. The summed E-state index contributed by atoms with van der Waals surface area (Å²) in [6, 6.07) is 11.8. The summed E-state index contributed by atoms with van der Waals surface area (Å²) in [6.07, 6.45) is 0. The fourth-order valence-electron chi connectivity index (χ4n) is 3.48. The number of hydrogen-bond donors (Lipinski definition) is 0. The normalized spacial score (nSPS) is 14.5. The van der Waals surface area contributed by atoms with Crippen LogP contribution in [0.15, 0.2) is 41.2 Å². The number of ether oxygens (including phenoxy) is 2. The van der Waals surface area contributed by atoms with E-state index in [0.29, 0.717) is 31.0 Å². The molecule has 0 bridgehead atoms. The second-order valence-corrected chi connectivity index (χ2v) is 7.98. The summed E-state index contributed by atoms with van der Waals surface area (Å²) in [5, 5.41) is 0.660. The van der Waals surface area contributed by atoms with Crippen molar-refractivity contribution in [1.82, 2.24) is 9.55 Å². The van der Waals surface area contributed by atoms with Crippen LogP contribution < -0.4 is 15.2 Å². The third-order valence-electron chi connectivity index (χ3n) is 5.06. The van der Waals surface area contributed by atoms with Crippen molar-refractivity contribution < 1.29 is 9.47 Å². The minimum absolute atomic E-state index is 0.00802. The number of anilines is 1. The van der Waals surface area contributed by atoms with Gasteiger partial charge in [0, 0.05) is 22.3 Å². The lowest BCUT2D eigenvalue weighted by Crippen LogP contribution is -2.36. The third-order valence-corrected chi connectivity index (χ3v) is 5.89.